The van der Waals surface area contributed by atoms with Crippen molar-refractivity contribution in [2.45, 2.75) is 11.8 Å². The topological polar surface area (TPSA) is 98.1 Å². The minimum Gasteiger partial charge on any atom is -0.319 e. The smallest absolute Gasteiger partial charge is 0.276 e. The van der Waals surface area contributed by atoms with E-state index >= 15 is 0 Å². The van der Waals surface area contributed by atoms with E-state index in [2.05, 4.69) is 10.4 Å². The lowest BCUT2D eigenvalue weighted by Crippen LogP contribution is -2.24. The summed E-state index contributed by atoms with van der Waals surface area (Å²) >= 11 is 0. The van der Waals surface area contributed by atoms with Gasteiger partial charge < -0.3 is 5.32 Å². The molecule has 0 atom stereocenters. The zero-order chi connectivity index (χ0) is 16.3. The molecule has 8 heteroatoms. The van der Waals surface area contributed by atoms with Crippen molar-refractivity contribution in [3.05, 3.63) is 52.4 Å². The van der Waals surface area contributed by atoms with E-state index in [1.165, 1.54) is 38.2 Å². The minimum atomic E-state index is -3.46. The third-order valence-corrected chi connectivity index (χ3v) is 4.83. The molecule has 116 valence electrons. The Hall–Kier alpha value is -2.48. The number of carbonyl (C=O) groups is 1. The Kier molecular flexibility index (Phi) is 4.41. The summed E-state index contributed by atoms with van der Waals surface area (Å²) in [6.45, 7) is 1.53. The van der Waals surface area contributed by atoms with Gasteiger partial charge in [-0.05, 0) is 18.2 Å². The number of anilines is 1. The quantitative estimate of drug-likeness (QED) is 0.899. The van der Waals surface area contributed by atoms with Crippen LogP contribution in [0.4, 0.5) is 5.69 Å². The third kappa shape index (κ3) is 3.22. The van der Waals surface area contributed by atoms with E-state index < -0.39 is 15.7 Å². The van der Waals surface area contributed by atoms with Crippen LogP contribution in [-0.4, -0.2) is 29.9 Å². The van der Waals surface area contributed by atoms with Gasteiger partial charge in [-0.1, -0.05) is 19.1 Å². The highest BCUT2D eigenvalue weighted by Gasteiger charge is 2.18. The zero-order valence-electron chi connectivity index (χ0n) is 12.1. The van der Waals surface area contributed by atoms with E-state index in [0.717, 1.165) is 4.68 Å². The van der Waals surface area contributed by atoms with E-state index in [1.807, 2.05) is 0 Å². The van der Waals surface area contributed by atoms with E-state index in [4.69, 9.17) is 0 Å². The van der Waals surface area contributed by atoms with Crippen LogP contribution in [0.25, 0.3) is 0 Å². The molecule has 1 aromatic carbocycles. The summed E-state index contributed by atoms with van der Waals surface area (Å²) in [6.07, 6.45) is 0. The molecule has 0 spiro atoms. The number of rotatable bonds is 4. The van der Waals surface area contributed by atoms with E-state index in [-0.39, 0.29) is 27.6 Å². The molecule has 1 heterocycles. The number of aromatic nitrogens is 2. The first-order chi connectivity index (χ1) is 10.3. The van der Waals surface area contributed by atoms with Crippen LogP contribution in [0.1, 0.15) is 17.4 Å². The van der Waals surface area contributed by atoms with Crippen LogP contribution in [0.5, 0.6) is 0 Å². The van der Waals surface area contributed by atoms with Crippen LogP contribution in [0, 0.1) is 0 Å². The molecular weight excluding hydrogens is 306 g/mol. The van der Waals surface area contributed by atoms with Gasteiger partial charge in [-0.25, -0.2) is 13.1 Å². The highest BCUT2D eigenvalue weighted by Crippen LogP contribution is 2.22. The Labute approximate surface area is 127 Å². The third-order valence-electron chi connectivity index (χ3n) is 3.04. The maximum absolute atomic E-state index is 12.2. The van der Waals surface area contributed by atoms with Crippen molar-refractivity contribution in [1.29, 1.82) is 0 Å². The maximum Gasteiger partial charge on any atom is 0.276 e. The molecule has 7 nitrogen and oxygen atoms in total. The highest BCUT2D eigenvalue weighted by molar-refractivity contribution is 7.91. The summed E-state index contributed by atoms with van der Waals surface area (Å²) in [5.41, 5.74) is -0.138. The second kappa shape index (κ2) is 6.10. The molecule has 22 heavy (non-hydrogen) atoms. The average molecular weight is 321 g/mol. The predicted molar refractivity (Wildman–Crippen MR) is 81.6 cm³/mol. The molecule has 0 saturated heterocycles. The lowest BCUT2D eigenvalue weighted by molar-refractivity contribution is 0.102. The van der Waals surface area contributed by atoms with Gasteiger partial charge in [-0.3, -0.25) is 9.59 Å². The summed E-state index contributed by atoms with van der Waals surface area (Å²) in [5.74, 6) is -0.660. The Bertz CT molecular complexity index is 872. The van der Waals surface area contributed by atoms with Crippen LogP contribution < -0.4 is 10.9 Å². The number of hydrogen-bond acceptors (Lipinski definition) is 5. The second-order valence-electron chi connectivity index (χ2n) is 4.53. The molecule has 0 aliphatic rings. The second-order valence-corrected chi connectivity index (χ2v) is 6.78. The van der Waals surface area contributed by atoms with Crippen molar-refractivity contribution in [3.8, 4) is 0 Å². The molecule has 0 aliphatic heterocycles. The first kappa shape index (κ1) is 15.9. The lowest BCUT2D eigenvalue weighted by Gasteiger charge is -2.10. The summed E-state index contributed by atoms with van der Waals surface area (Å²) < 4.78 is 25.1. The van der Waals surface area contributed by atoms with Gasteiger partial charge >= 0.3 is 0 Å². The number of aryl methyl sites for hydroxylation is 1. The molecule has 2 rings (SSSR count). The van der Waals surface area contributed by atoms with Crippen LogP contribution in [0.2, 0.25) is 0 Å². The molecule has 0 radical (unpaired) electrons. The fourth-order valence-corrected chi connectivity index (χ4v) is 2.86. The monoisotopic (exact) mass is 321 g/mol. The molecule has 0 saturated carbocycles. The van der Waals surface area contributed by atoms with Gasteiger partial charge in [-0.15, -0.1) is 0 Å². The van der Waals surface area contributed by atoms with E-state index in [9.17, 15) is 18.0 Å². The van der Waals surface area contributed by atoms with Crippen LogP contribution in [-0.2, 0) is 16.9 Å². The molecule has 0 unspecified atom stereocenters. The molecule has 0 fully saturated rings. The van der Waals surface area contributed by atoms with Crippen molar-refractivity contribution in [2.24, 2.45) is 7.05 Å². The van der Waals surface area contributed by atoms with Gasteiger partial charge in [0, 0.05) is 13.1 Å². The SMILES string of the molecule is CCS(=O)(=O)c1ccccc1NC(=O)c1ccc(=O)n(C)n1. The number of nitrogens with zero attached hydrogens (tertiary/aromatic N) is 2. The fraction of sp³-hybridized carbons (Fsp3) is 0.214. The van der Waals surface area contributed by atoms with Crippen molar-refractivity contribution >= 4 is 21.4 Å². The normalized spacial score (nSPS) is 11.2. The zero-order valence-corrected chi connectivity index (χ0v) is 12.9. The molecular formula is C14H15N3O4S. The number of benzene rings is 1. The predicted octanol–water partition coefficient (Wildman–Crippen LogP) is 0.826. The average Bonchev–Trinajstić information content (AvgIpc) is 2.50. The first-order valence-electron chi connectivity index (χ1n) is 6.52. The van der Waals surface area contributed by atoms with E-state index in [1.54, 1.807) is 12.1 Å². The Morgan fingerprint density at radius 3 is 2.55 bits per heavy atom. The maximum atomic E-state index is 12.2. The minimum absolute atomic E-state index is 0.0193. The van der Waals surface area contributed by atoms with Crippen molar-refractivity contribution in [1.82, 2.24) is 9.78 Å². The van der Waals surface area contributed by atoms with Crippen molar-refractivity contribution in [3.63, 3.8) is 0 Å². The Morgan fingerprint density at radius 2 is 1.91 bits per heavy atom. The number of para-hydroxylation sites is 1. The summed E-state index contributed by atoms with van der Waals surface area (Å²) in [7, 11) is -2.04. The van der Waals surface area contributed by atoms with Crippen LogP contribution in [0.3, 0.4) is 0 Å². The summed E-state index contributed by atoms with van der Waals surface area (Å²) in [4.78, 5) is 23.5. The number of hydrogen-bond donors (Lipinski definition) is 1. The first-order valence-corrected chi connectivity index (χ1v) is 8.18. The number of amides is 1. The Balaban J connectivity index is 2.37. The van der Waals surface area contributed by atoms with Crippen molar-refractivity contribution in [2.75, 3.05) is 11.1 Å². The number of nitrogens with one attached hydrogen (secondary N) is 1. The molecule has 1 amide bonds. The summed E-state index contributed by atoms with van der Waals surface area (Å²) in [6, 6.07) is 8.65. The number of carbonyl (C=O) groups excluding carboxylic acids is 1. The molecule has 1 aromatic heterocycles. The molecule has 1 N–H and O–H groups in total. The van der Waals surface area contributed by atoms with Gasteiger partial charge in [-0.2, -0.15) is 5.10 Å². The van der Waals surface area contributed by atoms with Crippen molar-refractivity contribution < 1.29 is 13.2 Å². The van der Waals surface area contributed by atoms with Gasteiger partial charge in [0.05, 0.1) is 16.3 Å². The van der Waals surface area contributed by atoms with E-state index in [0.29, 0.717) is 0 Å². The van der Waals surface area contributed by atoms with Crippen LogP contribution >= 0.6 is 0 Å². The largest absolute Gasteiger partial charge is 0.319 e. The standard InChI is InChI=1S/C14H15N3O4S/c1-3-22(20,21)12-7-5-4-6-10(12)15-14(19)11-8-9-13(18)17(2)16-11/h4-9H,3H2,1-2H3,(H,15,19). The fourth-order valence-electron chi connectivity index (χ4n) is 1.81. The number of sulfone groups is 1. The molecule has 2 aromatic rings. The molecule has 0 bridgehead atoms. The summed E-state index contributed by atoms with van der Waals surface area (Å²) in [5, 5.41) is 6.34. The van der Waals surface area contributed by atoms with Crippen LogP contribution in [0.15, 0.2) is 46.1 Å². The van der Waals surface area contributed by atoms with Gasteiger partial charge in [0.25, 0.3) is 11.5 Å². The lowest BCUT2D eigenvalue weighted by atomic mass is 10.3. The highest BCUT2D eigenvalue weighted by atomic mass is 32.2. The van der Waals surface area contributed by atoms with Gasteiger partial charge in [0.1, 0.15) is 5.69 Å². The molecule has 0 aliphatic carbocycles. The van der Waals surface area contributed by atoms with Gasteiger partial charge in [0.2, 0.25) is 0 Å². The van der Waals surface area contributed by atoms with Gasteiger partial charge in [0.15, 0.2) is 9.84 Å². The Morgan fingerprint density at radius 1 is 1.23 bits per heavy atom.